The molecular formula is C27H26FN5O2S. The number of nitrogens with one attached hydrogen (secondary N) is 2. The zero-order valence-electron chi connectivity index (χ0n) is 19.7. The number of hydrogen-bond acceptors (Lipinski definition) is 6. The molecule has 1 saturated carbocycles. The molecule has 1 aliphatic heterocycles. The van der Waals surface area contributed by atoms with Gasteiger partial charge in [0.15, 0.2) is 11.6 Å². The molecule has 0 atom stereocenters. The summed E-state index contributed by atoms with van der Waals surface area (Å²) in [5.41, 5.74) is 3.23. The van der Waals surface area contributed by atoms with Crippen LogP contribution in [0.15, 0.2) is 54.9 Å². The van der Waals surface area contributed by atoms with Gasteiger partial charge < -0.3 is 15.4 Å². The van der Waals surface area contributed by atoms with Gasteiger partial charge in [-0.1, -0.05) is 6.07 Å². The highest BCUT2D eigenvalue weighted by Crippen LogP contribution is 2.39. The van der Waals surface area contributed by atoms with Crippen molar-refractivity contribution in [1.82, 2.24) is 20.2 Å². The van der Waals surface area contributed by atoms with Crippen LogP contribution < -0.4 is 15.4 Å². The van der Waals surface area contributed by atoms with Crippen molar-refractivity contribution < 1.29 is 13.9 Å². The van der Waals surface area contributed by atoms with Gasteiger partial charge in [0, 0.05) is 42.8 Å². The number of halogens is 1. The standard InChI is InChI=1S/C27H26FN5O2S/c28-20-13-19(32-27(34)31-18-4-5-18)6-8-23(20)35-24-9-10-29-22-14-25(36-26(22)24)21-7-3-17(15-30-21)16-33-11-1-2-12-33/h3,6-10,13-15,18H,1-2,4-5,11-12,16H2,(H2,31,32,34). The number of aromatic nitrogens is 2. The van der Waals surface area contributed by atoms with Crippen LogP contribution in [0, 0.1) is 5.82 Å². The molecule has 0 unspecified atom stereocenters. The fraction of sp³-hybridized carbons (Fsp3) is 0.296. The molecule has 2 N–H and O–H groups in total. The molecule has 1 aliphatic carbocycles. The summed E-state index contributed by atoms with van der Waals surface area (Å²) >= 11 is 1.52. The van der Waals surface area contributed by atoms with Crippen molar-refractivity contribution in [1.29, 1.82) is 0 Å². The van der Waals surface area contributed by atoms with Gasteiger partial charge in [0.2, 0.25) is 0 Å². The predicted molar refractivity (Wildman–Crippen MR) is 139 cm³/mol. The molecule has 4 aromatic rings. The summed E-state index contributed by atoms with van der Waals surface area (Å²) in [6, 6.07) is 12.2. The number of amides is 2. The summed E-state index contributed by atoms with van der Waals surface area (Å²) in [7, 11) is 0. The predicted octanol–water partition coefficient (Wildman–Crippen LogP) is 6.17. The molecule has 3 aromatic heterocycles. The van der Waals surface area contributed by atoms with Gasteiger partial charge in [-0.3, -0.25) is 14.9 Å². The number of nitrogens with zero attached hydrogens (tertiary/aromatic N) is 3. The minimum atomic E-state index is -0.559. The Morgan fingerprint density at radius 1 is 1.08 bits per heavy atom. The van der Waals surface area contributed by atoms with E-state index in [4.69, 9.17) is 4.74 Å². The van der Waals surface area contributed by atoms with Crippen LogP contribution in [0.2, 0.25) is 0 Å². The Bertz CT molecular complexity index is 1400. The van der Waals surface area contributed by atoms with Crippen LogP contribution in [0.1, 0.15) is 31.2 Å². The van der Waals surface area contributed by atoms with Crippen LogP contribution >= 0.6 is 11.3 Å². The minimum absolute atomic E-state index is 0.0787. The molecule has 184 valence electrons. The first kappa shape index (κ1) is 22.9. The van der Waals surface area contributed by atoms with Crippen LogP contribution in [-0.2, 0) is 6.54 Å². The van der Waals surface area contributed by atoms with Crippen molar-refractivity contribution in [2.24, 2.45) is 0 Å². The fourth-order valence-electron chi connectivity index (χ4n) is 4.34. The van der Waals surface area contributed by atoms with Crippen molar-refractivity contribution in [3.05, 3.63) is 66.2 Å². The SMILES string of the molecule is O=C(Nc1ccc(Oc2ccnc3cc(-c4ccc(CN5CCCC5)cn4)sc23)c(F)c1)NC1CC1. The summed E-state index contributed by atoms with van der Waals surface area (Å²) < 4.78 is 21.6. The lowest BCUT2D eigenvalue weighted by atomic mass is 10.2. The van der Waals surface area contributed by atoms with E-state index in [1.807, 2.05) is 18.3 Å². The van der Waals surface area contributed by atoms with Crippen LogP contribution in [0.25, 0.3) is 20.8 Å². The normalized spacial score (nSPS) is 15.8. The van der Waals surface area contributed by atoms with E-state index in [2.05, 4.69) is 31.6 Å². The highest BCUT2D eigenvalue weighted by Gasteiger charge is 2.23. The van der Waals surface area contributed by atoms with Gasteiger partial charge in [0.1, 0.15) is 5.75 Å². The first-order valence-corrected chi connectivity index (χ1v) is 13.0. The number of pyridine rings is 2. The smallest absolute Gasteiger partial charge is 0.319 e. The maximum atomic E-state index is 14.8. The summed E-state index contributed by atoms with van der Waals surface area (Å²) in [5, 5.41) is 5.47. The number of benzene rings is 1. The Labute approximate surface area is 212 Å². The average molecular weight is 504 g/mol. The van der Waals surface area contributed by atoms with Crippen LogP contribution in [-0.4, -0.2) is 40.0 Å². The van der Waals surface area contributed by atoms with Crippen LogP contribution in [0.5, 0.6) is 11.5 Å². The molecule has 2 aliphatic rings. The Hall–Kier alpha value is -3.56. The molecule has 0 spiro atoms. The van der Waals surface area contributed by atoms with Crippen molar-refractivity contribution in [3.8, 4) is 22.1 Å². The van der Waals surface area contributed by atoms with E-state index in [0.717, 1.165) is 53.3 Å². The maximum absolute atomic E-state index is 14.8. The first-order valence-electron chi connectivity index (χ1n) is 12.2. The molecule has 7 nitrogen and oxygen atoms in total. The van der Waals surface area contributed by atoms with Gasteiger partial charge in [-0.25, -0.2) is 9.18 Å². The zero-order chi connectivity index (χ0) is 24.5. The van der Waals surface area contributed by atoms with E-state index in [1.54, 1.807) is 18.3 Å². The second-order valence-corrected chi connectivity index (χ2v) is 10.3. The fourth-order valence-corrected chi connectivity index (χ4v) is 5.39. The minimum Gasteiger partial charge on any atom is -0.453 e. The van der Waals surface area contributed by atoms with Gasteiger partial charge in [-0.05, 0) is 68.6 Å². The summed E-state index contributed by atoms with van der Waals surface area (Å²) in [6.45, 7) is 3.24. The molecule has 1 saturated heterocycles. The third-order valence-electron chi connectivity index (χ3n) is 6.38. The number of anilines is 1. The molecule has 2 fully saturated rings. The van der Waals surface area contributed by atoms with Crippen molar-refractivity contribution in [2.75, 3.05) is 18.4 Å². The van der Waals surface area contributed by atoms with Crippen molar-refractivity contribution in [2.45, 2.75) is 38.3 Å². The van der Waals surface area contributed by atoms with Gasteiger partial charge in [-0.15, -0.1) is 11.3 Å². The van der Waals surface area contributed by atoms with E-state index in [9.17, 15) is 9.18 Å². The number of ether oxygens (including phenoxy) is 1. The number of urea groups is 1. The first-order chi connectivity index (χ1) is 17.6. The molecule has 2 amide bonds. The zero-order valence-corrected chi connectivity index (χ0v) is 20.5. The Morgan fingerprint density at radius 3 is 2.69 bits per heavy atom. The number of likely N-dealkylation sites (tertiary alicyclic amines) is 1. The summed E-state index contributed by atoms with van der Waals surface area (Å²) in [6.07, 6.45) is 8.11. The lowest BCUT2D eigenvalue weighted by molar-refractivity contribution is 0.251. The topological polar surface area (TPSA) is 79.4 Å². The van der Waals surface area contributed by atoms with Crippen molar-refractivity contribution >= 4 is 33.3 Å². The summed E-state index contributed by atoms with van der Waals surface area (Å²) in [5.74, 6) is 0.0409. The molecule has 0 bridgehead atoms. The number of rotatable bonds is 7. The third kappa shape index (κ3) is 5.17. The lowest BCUT2D eigenvalue weighted by Gasteiger charge is -2.14. The largest absolute Gasteiger partial charge is 0.453 e. The van der Waals surface area contributed by atoms with Crippen LogP contribution in [0.3, 0.4) is 0 Å². The van der Waals surface area contributed by atoms with Gasteiger partial charge in [-0.2, -0.15) is 0 Å². The Morgan fingerprint density at radius 2 is 1.94 bits per heavy atom. The molecule has 0 radical (unpaired) electrons. The van der Waals surface area contributed by atoms with E-state index >= 15 is 0 Å². The maximum Gasteiger partial charge on any atom is 0.319 e. The average Bonchev–Trinajstić information content (AvgIpc) is 3.34. The lowest BCUT2D eigenvalue weighted by Crippen LogP contribution is -2.30. The number of hydrogen-bond donors (Lipinski definition) is 2. The Balaban J connectivity index is 1.18. The highest BCUT2D eigenvalue weighted by molar-refractivity contribution is 7.22. The van der Waals surface area contributed by atoms with Gasteiger partial charge in [0.25, 0.3) is 0 Å². The monoisotopic (exact) mass is 503 g/mol. The van der Waals surface area contributed by atoms with Crippen LogP contribution in [0.4, 0.5) is 14.9 Å². The van der Waals surface area contributed by atoms with Gasteiger partial charge >= 0.3 is 6.03 Å². The van der Waals surface area contributed by atoms with E-state index in [-0.39, 0.29) is 17.8 Å². The highest BCUT2D eigenvalue weighted by atomic mass is 32.1. The quantitative estimate of drug-likeness (QED) is 0.315. The van der Waals surface area contributed by atoms with E-state index in [1.165, 1.54) is 41.9 Å². The second-order valence-electron chi connectivity index (χ2n) is 9.29. The number of carbonyl (C=O) groups is 1. The molecule has 36 heavy (non-hydrogen) atoms. The summed E-state index contributed by atoms with van der Waals surface area (Å²) in [4.78, 5) is 24.5. The molecular weight excluding hydrogens is 477 g/mol. The molecule has 9 heteroatoms. The molecule has 4 heterocycles. The molecule has 6 rings (SSSR count). The van der Waals surface area contributed by atoms with Crippen molar-refractivity contribution in [3.63, 3.8) is 0 Å². The van der Waals surface area contributed by atoms with E-state index in [0.29, 0.717) is 11.4 Å². The molecule has 1 aromatic carbocycles. The number of carbonyl (C=O) groups excluding carboxylic acids is 1. The number of fused-ring (bicyclic) bond motifs is 1. The Kier molecular flexibility index (Phi) is 6.25. The van der Waals surface area contributed by atoms with Gasteiger partial charge in [0.05, 0.1) is 20.8 Å². The third-order valence-corrected chi connectivity index (χ3v) is 7.54. The van der Waals surface area contributed by atoms with E-state index < -0.39 is 5.82 Å². The second kappa shape index (κ2) is 9.83. The number of thiophene rings is 1.